The SMILES string of the molecule is CC(C)c1cccc(Cc2c(Cl)cc(NCC(N)=O)c(F)c2Cl)c1F. The van der Waals surface area contributed by atoms with Gasteiger partial charge in [-0.2, -0.15) is 0 Å². The molecule has 25 heavy (non-hydrogen) atoms. The zero-order valence-electron chi connectivity index (χ0n) is 13.8. The molecule has 3 N–H and O–H groups in total. The number of primary amides is 1. The highest BCUT2D eigenvalue weighted by molar-refractivity contribution is 6.36. The first kappa shape index (κ1) is 19.5. The van der Waals surface area contributed by atoms with Gasteiger partial charge in [0.25, 0.3) is 0 Å². The van der Waals surface area contributed by atoms with Crippen LogP contribution >= 0.6 is 23.2 Å². The minimum atomic E-state index is -0.761. The van der Waals surface area contributed by atoms with E-state index >= 15 is 0 Å². The predicted molar refractivity (Wildman–Crippen MR) is 97.4 cm³/mol. The monoisotopic (exact) mass is 386 g/mol. The van der Waals surface area contributed by atoms with Crippen LogP contribution in [0.15, 0.2) is 24.3 Å². The topological polar surface area (TPSA) is 55.1 Å². The first-order valence-corrected chi connectivity index (χ1v) is 8.43. The Balaban J connectivity index is 2.40. The number of benzene rings is 2. The molecule has 0 aromatic heterocycles. The first-order valence-electron chi connectivity index (χ1n) is 7.68. The van der Waals surface area contributed by atoms with E-state index in [-0.39, 0.29) is 46.0 Å². The number of halogens is 4. The summed E-state index contributed by atoms with van der Waals surface area (Å²) in [6, 6.07) is 6.38. The zero-order chi connectivity index (χ0) is 18.7. The van der Waals surface area contributed by atoms with Crippen LogP contribution in [0.4, 0.5) is 14.5 Å². The number of nitrogens with two attached hydrogens (primary N) is 1. The van der Waals surface area contributed by atoms with E-state index in [2.05, 4.69) is 5.32 Å². The molecule has 0 aliphatic carbocycles. The molecule has 0 saturated heterocycles. The van der Waals surface area contributed by atoms with Gasteiger partial charge in [-0.05, 0) is 28.7 Å². The van der Waals surface area contributed by atoms with Crippen LogP contribution in [-0.4, -0.2) is 12.5 Å². The number of nitrogens with one attached hydrogen (secondary N) is 1. The van der Waals surface area contributed by atoms with E-state index in [1.54, 1.807) is 18.2 Å². The molecule has 2 aromatic rings. The van der Waals surface area contributed by atoms with Gasteiger partial charge in [-0.3, -0.25) is 4.79 Å². The van der Waals surface area contributed by atoms with Crippen LogP contribution in [0, 0.1) is 11.6 Å². The van der Waals surface area contributed by atoms with Crippen molar-refractivity contribution in [2.75, 3.05) is 11.9 Å². The Bertz CT molecular complexity index is 810. The molecule has 0 heterocycles. The van der Waals surface area contributed by atoms with Crippen molar-refractivity contribution in [2.24, 2.45) is 5.73 Å². The highest BCUT2D eigenvalue weighted by Gasteiger charge is 2.19. The molecule has 0 fully saturated rings. The van der Waals surface area contributed by atoms with E-state index in [1.807, 2.05) is 13.8 Å². The normalized spacial score (nSPS) is 11.0. The molecule has 1 amide bonds. The summed E-state index contributed by atoms with van der Waals surface area (Å²) < 4.78 is 29.0. The molecule has 7 heteroatoms. The number of carbonyl (C=O) groups excluding carboxylic acids is 1. The molecule has 3 nitrogen and oxygen atoms in total. The van der Waals surface area contributed by atoms with Gasteiger partial charge in [-0.25, -0.2) is 8.78 Å². The molecule has 0 spiro atoms. The molecule has 0 saturated carbocycles. The number of anilines is 1. The summed E-state index contributed by atoms with van der Waals surface area (Å²) in [5.74, 6) is -1.74. The molecule has 0 aliphatic heterocycles. The number of hydrogen-bond acceptors (Lipinski definition) is 2. The number of rotatable bonds is 6. The third kappa shape index (κ3) is 4.41. The minimum absolute atomic E-state index is 0.0167. The van der Waals surface area contributed by atoms with Crippen LogP contribution in [0.5, 0.6) is 0 Å². The van der Waals surface area contributed by atoms with Crippen LogP contribution in [0.3, 0.4) is 0 Å². The fraction of sp³-hybridized carbons (Fsp3) is 0.278. The van der Waals surface area contributed by atoms with Gasteiger partial charge in [0.2, 0.25) is 5.91 Å². The van der Waals surface area contributed by atoms with Crippen molar-refractivity contribution < 1.29 is 13.6 Å². The van der Waals surface area contributed by atoms with Gasteiger partial charge >= 0.3 is 0 Å². The molecule has 134 valence electrons. The average molecular weight is 387 g/mol. The van der Waals surface area contributed by atoms with Gasteiger partial charge in [0.05, 0.1) is 17.3 Å². The fourth-order valence-corrected chi connectivity index (χ4v) is 3.07. The average Bonchev–Trinajstić information content (AvgIpc) is 2.54. The lowest BCUT2D eigenvalue weighted by Gasteiger charge is -2.15. The third-order valence-corrected chi connectivity index (χ3v) is 4.54. The Morgan fingerprint density at radius 3 is 2.52 bits per heavy atom. The summed E-state index contributed by atoms with van der Waals surface area (Å²) in [7, 11) is 0. The Labute approximate surface area is 155 Å². The van der Waals surface area contributed by atoms with Crippen LogP contribution in [-0.2, 0) is 11.2 Å². The Morgan fingerprint density at radius 1 is 1.24 bits per heavy atom. The van der Waals surface area contributed by atoms with E-state index in [0.717, 1.165) is 0 Å². The Hall–Kier alpha value is -1.85. The lowest BCUT2D eigenvalue weighted by molar-refractivity contribution is -0.116. The second-order valence-corrected chi connectivity index (χ2v) is 6.77. The first-order chi connectivity index (χ1) is 11.7. The molecule has 2 rings (SSSR count). The van der Waals surface area contributed by atoms with Gasteiger partial charge in [-0.1, -0.05) is 55.2 Å². The minimum Gasteiger partial charge on any atom is -0.374 e. The number of carbonyl (C=O) groups is 1. The highest BCUT2D eigenvalue weighted by Crippen LogP contribution is 2.35. The maximum absolute atomic E-state index is 14.6. The number of amides is 1. The zero-order valence-corrected chi connectivity index (χ0v) is 15.3. The Morgan fingerprint density at radius 2 is 1.92 bits per heavy atom. The molecule has 0 aliphatic rings. The van der Waals surface area contributed by atoms with Gasteiger partial charge in [0.1, 0.15) is 5.82 Å². The molecule has 0 atom stereocenters. The van der Waals surface area contributed by atoms with Crippen molar-refractivity contribution in [1.29, 1.82) is 0 Å². The Kier molecular flexibility index (Phi) is 6.25. The summed E-state index contributed by atoms with van der Waals surface area (Å²) >= 11 is 12.3. The van der Waals surface area contributed by atoms with E-state index in [0.29, 0.717) is 11.1 Å². The van der Waals surface area contributed by atoms with Crippen molar-refractivity contribution in [1.82, 2.24) is 0 Å². The van der Waals surface area contributed by atoms with Gasteiger partial charge in [0.15, 0.2) is 5.82 Å². The van der Waals surface area contributed by atoms with Crippen molar-refractivity contribution in [2.45, 2.75) is 26.2 Å². The summed E-state index contributed by atoms with van der Waals surface area (Å²) in [5.41, 5.74) is 6.23. The van der Waals surface area contributed by atoms with Crippen molar-refractivity contribution >= 4 is 34.8 Å². The lowest BCUT2D eigenvalue weighted by atomic mass is 9.96. The summed E-state index contributed by atoms with van der Waals surface area (Å²) in [4.78, 5) is 10.8. The molecular weight excluding hydrogens is 369 g/mol. The van der Waals surface area contributed by atoms with E-state index in [1.165, 1.54) is 6.07 Å². The highest BCUT2D eigenvalue weighted by atomic mass is 35.5. The van der Waals surface area contributed by atoms with Gasteiger partial charge < -0.3 is 11.1 Å². The van der Waals surface area contributed by atoms with Crippen molar-refractivity contribution in [3.05, 3.63) is 62.6 Å². The maximum atomic E-state index is 14.6. The molecule has 2 aromatic carbocycles. The molecule has 0 radical (unpaired) electrons. The van der Waals surface area contributed by atoms with Crippen LogP contribution in [0.1, 0.15) is 36.5 Å². The van der Waals surface area contributed by atoms with Crippen LogP contribution in [0.2, 0.25) is 10.0 Å². The predicted octanol–water partition coefficient (Wildman–Crippen LogP) is 4.88. The fourth-order valence-electron chi connectivity index (χ4n) is 2.48. The smallest absolute Gasteiger partial charge is 0.236 e. The van der Waals surface area contributed by atoms with E-state index < -0.39 is 11.7 Å². The quantitative estimate of drug-likeness (QED) is 0.694. The lowest BCUT2D eigenvalue weighted by Crippen LogP contribution is -2.22. The van der Waals surface area contributed by atoms with Crippen LogP contribution in [0.25, 0.3) is 0 Å². The summed E-state index contributed by atoms with van der Waals surface area (Å²) in [5, 5.41) is 2.49. The standard InChI is InChI=1S/C18H18Cl2F2N2O/c1-9(2)11-5-3-4-10(17(11)21)6-12-13(19)7-14(18(22)16(12)20)24-8-15(23)25/h3-5,7,9,24H,6,8H2,1-2H3,(H2,23,25). The largest absolute Gasteiger partial charge is 0.374 e. The summed E-state index contributed by atoms with van der Waals surface area (Å²) in [6.07, 6.45) is 0.0527. The van der Waals surface area contributed by atoms with E-state index in [9.17, 15) is 13.6 Å². The second-order valence-electron chi connectivity index (χ2n) is 5.98. The van der Waals surface area contributed by atoms with Crippen LogP contribution < -0.4 is 11.1 Å². The molecule has 0 bridgehead atoms. The van der Waals surface area contributed by atoms with Gasteiger partial charge in [0, 0.05) is 11.4 Å². The molecule has 0 unspecified atom stereocenters. The number of hydrogen-bond donors (Lipinski definition) is 2. The van der Waals surface area contributed by atoms with Crippen molar-refractivity contribution in [3.8, 4) is 0 Å². The van der Waals surface area contributed by atoms with Crippen molar-refractivity contribution in [3.63, 3.8) is 0 Å². The third-order valence-electron chi connectivity index (χ3n) is 3.80. The molecular formula is C18H18Cl2F2N2O. The maximum Gasteiger partial charge on any atom is 0.236 e. The summed E-state index contributed by atoms with van der Waals surface area (Å²) in [6.45, 7) is 3.52. The second kappa shape index (κ2) is 8.02. The van der Waals surface area contributed by atoms with E-state index in [4.69, 9.17) is 28.9 Å². The van der Waals surface area contributed by atoms with Gasteiger partial charge in [-0.15, -0.1) is 0 Å².